The van der Waals surface area contributed by atoms with Gasteiger partial charge in [-0.05, 0) is 42.9 Å². The van der Waals surface area contributed by atoms with Gasteiger partial charge in [-0.1, -0.05) is 19.9 Å². The molecule has 2 aliphatic rings. The summed E-state index contributed by atoms with van der Waals surface area (Å²) in [6, 6.07) is 13.1. The molecule has 2 heterocycles. The number of hydrogen-bond donors (Lipinski definition) is 3. The Hall–Kier alpha value is -3.27. The minimum Gasteiger partial charge on any atom is -0.492 e. The highest BCUT2D eigenvalue weighted by Gasteiger charge is 2.39. The maximum absolute atomic E-state index is 13.2. The molecule has 1 saturated heterocycles. The van der Waals surface area contributed by atoms with Crippen LogP contribution in [0.2, 0.25) is 0 Å². The normalized spacial score (nSPS) is 17.4. The molecule has 0 radical (unpaired) electrons. The summed E-state index contributed by atoms with van der Waals surface area (Å²) in [4.78, 5) is 18.6. The average molecular weight is 526 g/mol. The van der Waals surface area contributed by atoms with Crippen molar-refractivity contribution in [2.45, 2.75) is 19.3 Å². The maximum atomic E-state index is 13.2. The van der Waals surface area contributed by atoms with Crippen LogP contribution in [0, 0.1) is 11.3 Å². The number of aromatic nitrogens is 1. The van der Waals surface area contributed by atoms with Crippen molar-refractivity contribution in [1.82, 2.24) is 14.2 Å². The van der Waals surface area contributed by atoms with Gasteiger partial charge in [0.1, 0.15) is 12.4 Å². The Bertz CT molecular complexity index is 1480. The zero-order valence-electron chi connectivity index (χ0n) is 21.1. The highest BCUT2D eigenvalue weighted by Crippen LogP contribution is 2.44. The number of nitriles is 1. The van der Waals surface area contributed by atoms with Crippen LogP contribution in [0.5, 0.6) is 5.75 Å². The Morgan fingerprint density at radius 1 is 1.16 bits per heavy atom. The molecule has 0 bridgehead atoms. The standard InChI is InChI=1S/C21H19N3O2.C5H12N2O3S/c1-21(2)16-10-13(26-8-7-22)4-6-14(16)19(25)18-15-5-3-12(11-23)9-17(15)24-20(18)21;1-6-2-4-7(5-3-6)11(8,9)10/h3-6,9-10,24H,7-8,22H2,1-2H3;2-5H2,1H3,(H,8,9,10). The van der Waals surface area contributed by atoms with Crippen molar-refractivity contribution in [1.29, 1.82) is 5.26 Å². The van der Waals surface area contributed by atoms with E-state index in [1.54, 1.807) is 12.1 Å². The summed E-state index contributed by atoms with van der Waals surface area (Å²) in [5.74, 6) is 0.706. The summed E-state index contributed by atoms with van der Waals surface area (Å²) in [7, 11) is -2.02. The van der Waals surface area contributed by atoms with Crippen LogP contribution >= 0.6 is 0 Å². The predicted octanol–water partition coefficient (Wildman–Crippen LogP) is 2.28. The van der Waals surface area contributed by atoms with Crippen LogP contribution in [0.3, 0.4) is 0 Å². The number of fused-ring (bicyclic) bond motifs is 4. The first-order valence-corrected chi connectivity index (χ1v) is 13.4. The fourth-order valence-corrected chi connectivity index (χ4v) is 5.39. The summed E-state index contributed by atoms with van der Waals surface area (Å²) < 4.78 is 36.4. The molecule has 0 atom stereocenters. The highest BCUT2D eigenvalue weighted by atomic mass is 32.2. The Balaban J connectivity index is 0.000000245. The van der Waals surface area contributed by atoms with Crippen molar-refractivity contribution in [3.05, 3.63) is 64.3 Å². The number of likely N-dealkylation sites (N-methyl/N-ethyl adjacent to an activating group) is 1. The van der Waals surface area contributed by atoms with Gasteiger partial charge in [0.2, 0.25) is 0 Å². The first-order chi connectivity index (χ1) is 17.5. The highest BCUT2D eigenvalue weighted by molar-refractivity contribution is 7.83. The second kappa shape index (κ2) is 10.2. The van der Waals surface area contributed by atoms with Crippen LogP contribution in [0.4, 0.5) is 0 Å². The Morgan fingerprint density at radius 2 is 1.86 bits per heavy atom. The van der Waals surface area contributed by atoms with Gasteiger partial charge < -0.3 is 20.4 Å². The number of nitrogens with two attached hydrogens (primary N) is 1. The topological polar surface area (TPSA) is 153 Å². The van der Waals surface area contributed by atoms with E-state index in [4.69, 9.17) is 20.3 Å². The molecule has 1 aromatic heterocycles. The second-order valence-electron chi connectivity index (χ2n) is 9.73. The van der Waals surface area contributed by atoms with Crippen molar-refractivity contribution < 1.29 is 22.5 Å². The number of piperazine rings is 1. The molecule has 3 aromatic rings. The monoisotopic (exact) mass is 525 g/mol. The smallest absolute Gasteiger partial charge is 0.335 e. The van der Waals surface area contributed by atoms with Gasteiger partial charge in [-0.3, -0.25) is 9.35 Å². The quantitative estimate of drug-likeness (QED) is 0.439. The van der Waals surface area contributed by atoms with Crippen LogP contribution in [0.1, 0.15) is 46.6 Å². The number of nitrogens with one attached hydrogen (secondary N) is 1. The average Bonchev–Trinajstić information content (AvgIpc) is 3.26. The zero-order valence-corrected chi connectivity index (χ0v) is 21.9. The number of hydrogen-bond acceptors (Lipinski definition) is 7. The Morgan fingerprint density at radius 3 is 2.49 bits per heavy atom. The molecule has 1 aliphatic carbocycles. The minimum absolute atomic E-state index is 0.00402. The number of carbonyl (C=O) groups is 1. The number of nitrogens with zero attached hydrogens (tertiary/aromatic N) is 3. The number of rotatable bonds is 4. The van der Waals surface area contributed by atoms with Crippen LogP contribution in [-0.4, -0.2) is 79.3 Å². The number of aromatic amines is 1. The molecule has 10 nitrogen and oxygen atoms in total. The van der Waals surface area contributed by atoms with E-state index < -0.39 is 15.7 Å². The predicted molar refractivity (Wildman–Crippen MR) is 140 cm³/mol. The van der Waals surface area contributed by atoms with Crippen molar-refractivity contribution in [2.75, 3.05) is 46.4 Å². The van der Waals surface area contributed by atoms with Crippen molar-refractivity contribution >= 4 is 27.0 Å². The minimum atomic E-state index is -3.94. The number of ether oxygens (including phenoxy) is 1. The van der Waals surface area contributed by atoms with Crippen molar-refractivity contribution in [3.8, 4) is 11.8 Å². The van der Waals surface area contributed by atoms with Crippen molar-refractivity contribution in [3.63, 3.8) is 0 Å². The summed E-state index contributed by atoms with van der Waals surface area (Å²) in [5, 5.41) is 10.00. The third-order valence-corrected chi connectivity index (χ3v) is 7.88. The fraction of sp³-hybridized carbons (Fsp3) is 0.385. The summed E-state index contributed by atoms with van der Waals surface area (Å²) in [6.07, 6.45) is 0. The molecule has 0 unspecified atom stereocenters. The number of H-pyrrole nitrogens is 1. The molecule has 1 aliphatic heterocycles. The van der Waals surface area contributed by atoms with Gasteiger partial charge in [0.05, 0.1) is 17.2 Å². The second-order valence-corrected chi connectivity index (χ2v) is 11.1. The molecule has 0 saturated carbocycles. The molecule has 0 amide bonds. The van der Waals surface area contributed by atoms with E-state index >= 15 is 0 Å². The molecule has 37 heavy (non-hydrogen) atoms. The summed E-state index contributed by atoms with van der Waals surface area (Å²) in [5.41, 5.74) is 9.67. The number of ketones is 1. The van der Waals surface area contributed by atoms with Crippen molar-refractivity contribution in [2.24, 2.45) is 5.73 Å². The number of benzene rings is 2. The molecular weight excluding hydrogens is 494 g/mol. The molecule has 1 fully saturated rings. The van der Waals surface area contributed by atoms with E-state index in [0.29, 0.717) is 61.8 Å². The van der Waals surface area contributed by atoms with Crippen LogP contribution in [0.15, 0.2) is 36.4 Å². The van der Waals surface area contributed by atoms with E-state index in [9.17, 15) is 13.2 Å². The molecule has 11 heteroatoms. The van der Waals surface area contributed by atoms with Crippen LogP contribution in [-0.2, 0) is 15.7 Å². The molecule has 5 rings (SSSR count). The number of carbonyl (C=O) groups excluding carboxylic acids is 1. The van der Waals surface area contributed by atoms with Gasteiger partial charge in [0.25, 0.3) is 0 Å². The molecule has 0 spiro atoms. The van der Waals surface area contributed by atoms with Crippen LogP contribution < -0.4 is 10.5 Å². The lowest BCUT2D eigenvalue weighted by atomic mass is 9.71. The zero-order chi connectivity index (χ0) is 27.0. The Kier molecular flexibility index (Phi) is 7.41. The van der Waals surface area contributed by atoms with Gasteiger partial charge in [-0.2, -0.15) is 18.0 Å². The lowest BCUT2D eigenvalue weighted by Crippen LogP contribution is -2.46. The first kappa shape index (κ1) is 26.8. The van der Waals surface area contributed by atoms with Gasteiger partial charge in [0, 0.05) is 60.3 Å². The van der Waals surface area contributed by atoms with Gasteiger partial charge in [-0.25, -0.2) is 0 Å². The molecule has 2 aromatic carbocycles. The van der Waals surface area contributed by atoms with E-state index in [1.165, 1.54) is 0 Å². The maximum Gasteiger partial charge on any atom is 0.335 e. The van der Waals surface area contributed by atoms with E-state index in [-0.39, 0.29) is 5.78 Å². The Labute approximate surface area is 216 Å². The van der Waals surface area contributed by atoms with E-state index in [2.05, 4.69) is 24.9 Å². The van der Waals surface area contributed by atoms with Gasteiger partial charge in [-0.15, -0.1) is 0 Å². The van der Waals surface area contributed by atoms with Crippen LogP contribution in [0.25, 0.3) is 10.9 Å². The van der Waals surface area contributed by atoms with E-state index in [1.807, 2.05) is 36.2 Å². The molecular formula is C26H31N5O5S. The largest absolute Gasteiger partial charge is 0.492 e. The lowest BCUT2D eigenvalue weighted by Gasteiger charge is -2.32. The first-order valence-electron chi connectivity index (χ1n) is 12.0. The lowest BCUT2D eigenvalue weighted by molar-refractivity contribution is 0.103. The van der Waals surface area contributed by atoms with Gasteiger partial charge in [0.15, 0.2) is 5.78 Å². The molecule has 4 N–H and O–H groups in total. The summed E-state index contributed by atoms with van der Waals surface area (Å²) >= 11 is 0. The van der Waals surface area contributed by atoms with E-state index in [0.717, 1.165) is 26.5 Å². The SMILES string of the molecule is CC1(C)c2cc(OCCN)ccc2C(=O)c2c1[nH]c1cc(C#N)ccc21.CN1CCN(S(=O)(=O)O)CC1. The summed E-state index contributed by atoms with van der Waals surface area (Å²) in [6.45, 7) is 7.17. The third-order valence-electron chi connectivity index (χ3n) is 6.86. The third kappa shape index (κ3) is 5.25. The van der Waals surface area contributed by atoms with Gasteiger partial charge >= 0.3 is 10.3 Å². The fourth-order valence-electron chi connectivity index (χ4n) is 4.76. The molecule has 196 valence electrons.